The smallest absolute Gasteiger partial charge is 0.258 e. The molecule has 21 heavy (non-hydrogen) atoms. The molecule has 1 saturated heterocycles. The van der Waals surface area contributed by atoms with Crippen LogP contribution < -0.4 is 10.9 Å². The van der Waals surface area contributed by atoms with E-state index in [0.717, 1.165) is 30.8 Å². The molecule has 2 bridgehead atoms. The predicted octanol–water partition coefficient (Wildman–Crippen LogP) is 2.88. The lowest BCUT2D eigenvalue weighted by Crippen LogP contribution is -2.45. The van der Waals surface area contributed by atoms with Gasteiger partial charge in [0, 0.05) is 35.3 Å². The Morgan fingerprint density at radius 1 is 1.10 bits per heavy atom. The Hall–Kier alpha value is -1.58. The van der Waals surface area contributed by atoms with Crippen LogP contribution in [0.25, 0.3) is 11.1 Å². The summed E-state index contributed by atoms with van der Waals surface area (Å²) in [5.74, 6) is 1.05. The molecular formula is C17H17ClN2O. The van der Waals surface area contributed by atoms with E-state index in [1.54, 1.807) is 0 Å². The molecule has 0 unspecified atom stereocenters. The molecule has 2 aliphatic heterocycles. The van der Waals surface area contributed by atoms with Crippen molar-refractivity contribution in [2.24, 2.45) is 5.92 Å². The molecule has 3 nitrogen and oxygen atoms in total. The van der Waals surface area contributed by atoms with Gasteiger partial charge < -0.3 is 9.88 Å². The fourth-order valence-electron chi connectivity index (χ4n) is 3.64. The molecule has 108 valence electrons. The van der Waals surface area contributed by atoms with Crippen LogP contribution in [0, 0.1) is 5.92 Å². The third kappa shape index (κ3) is 2.21. The van der Waals surface area contributed by atoms with E-state index in [0.29, 0.717) is 16.9 Å². The first-order chi connectivity index (χ1) is 10.2. The summed E-state index contributed by atoms with van der Waals surface area (Å²) in [5, 5.41) is 4.16. The van der Waals surface area contributed by atoms with Crippen molar-refractivity contribution in [3.05, 3.63) is 57.5 Å². The Labute approximate surface area is 128 Å². The second kappa shape index (κ2) is 5.00. The number of nitrogens with zero attached hydrogens (tertiary/aromatic N) is 1. The molecule has 1 aromatic carbocycles. The van der Waals surface area contributed by atoms with Gasteiger partial charge in [0.1, 0.15) is 0 Å². The molecular weight excluding hydrogens is 284 g/mol. The minimum absolute atomic E-state index is 0.131. The van der Waals surface area contributed by atoms with E-state index in [4.69, 9.17) is 11.6 Å². The molecule has 4 heteroatoms. The van der Waals surface area contributed by atoms with Crippen molar-refractivity contribution in [1.82, 2.24) is 9.88 Å². The molecule has 0 amide bonds. The van der Waals surface area contributed by atoms with Gasteiger partial charge >= 0.3 is 0 Å². The number of benzene rings is 1. The van der Waals surface area contributed by atoms with Crippen LogP contribution in [0.4, 0.5) is 0 Å². The monoisotopic (exact) mass is 300 g/mol. The average Bonchev–Trinajstić information content (AvgIpc) is 2.50. The lowest BCUT2D eigenvalue weighted by atomic mass is 9.84. The highest BCUT2D eigenvalue weighted by Crippen LogP contribution is 2.32. The van der Waals surface area contributed by atoms with Crippen molar-refractivity contribution in [2.45, 2.75) is 18.9 Å². The Morgan fingerprint density at radius 2 is 1.90 bits per heavy atom. The molecule has 1 N–H and O–H groups in total. The summed E-state index contributed by atoms with van der Waals surface area (Å²) in [4.78, 5) is 12.8. The minimum atomic E-state index is 0.131. The maximum Gasteiger partial charge on any atom is 0.258 e. The molecule has 2 atom stereocenters. The van der Waals surface area contributed by atoms with Gasteiger partial charge in [0.05, 0.1) is 0 Å². The standard InChI is InChI=1S/C17H17ClN2O/c18-14-3-1-12(2-4-14)15-5-6-16-13-7-11(8-19-9-13)10-20(16)17(15)21/h1-6,11,13,19H,7-10H2/t11-,13+/m0/s1. The van der Waals surface area contributed by atoms with Crippen LogP contribution in [0.5, 0.6) is 0 Å². The Balaban J connectivity index is 1.83. The van der Waals surface area contributed by atoms with Gasteiger partial charge in [-0.2, -0.15) is 0 Å². The van der Waals surface area contributed by atoms with Gasteiger partial charge in [-0.15, -0.1) is 0 Å². The number of hydrogen-bond donors (Lipinski definition) is 1. The lowest BCUT2D eigenvalue weighted by Gasteiger charge is -2.37. The van der Waals surface area contributed by atoms with Crippen molar-refractivity contribution >= 4 is 11.6 Å². The largest absolute Gasteiger partial charge is 0.316 e. The molecule has 4 rings (SSSR count). The van der Waals surface area contributed by atoms with Crippen LogP contribution >= 0.6 is 11.6 Å². The van der Waals surface area contributed by atoms with E-state index >= 15 is 0 Å². The predicted molar refractivity (Wildman–Crippen MR) is 84.9 cm³/mol. The zero-order valence-corrected chi connectivity index (χ0v) is 12.4. The van der Waals surface area contributed by atoms with Gasteiger partial charge in [0.15, 0.2) is 0 Å². The van der Waals surface area contributed by atoms with Crippen LogP contribution in [0.2, 0.25) is 5.02 Å². The fraction of sp³-hybridized carbons (Fsp3) is 0.353. The SMILES string of the molecule is O=c1c(-c2ccc(Cl)cc2)ccc2n1C[C@@H]1CNC[C@H]2C1. The van der Waals surface area contributed by atoms with Gasteiger partial charge in [0.25, 0.3) is 5.56 Å². The van der Waals surface area contributed by atoms with Gasteiger partial charge in [-0.05, 0) is 48.7 Å². The zero-order chi connectivity index (χ0) is 14.4. The second-order valence-electron chi connectivity index (χ2n) is 6.05. The van der Waals surface area contributed by atoms with Crippen LogP contribution in [0.1, 0.15) is 18.0 Å². The molecule has 3 heterocycles. The summed E-state index contributed by atoms with van der Waals surface area (Å²) in [6.45, 7) is 2.84. The number of pyridine rings is 1. The molecule has 1 fully saturated rings. The topological polar surface area (TPSA) is 34.0 Å². The van der Waals surface area contributed by atoms with Crippen LogP contribution in [-0.4, -0.2) is 17.7 Å². The highest BCUT2D eigenvalue weighted by molar-refractivity contribution is 6.30. The number of piperidine rings is 1. The van der Waals surface area contributed by atoms with E-state index in [2.05, 4.69) is 11.4 Å². The summed E-state index contributed by atoms with van der Waals surface area (Å²) in [7, 11) is 0. The van der Waals surface area contributed by atoms with Crippen LogP contribution in [0.3, 0.4) is 0 Å². The average molecular weight is 301 g/mol. The number of rotatable bonds is 1. The van der Waals surface area contributed by atoms with Gasteiger partial charge in [-0.25, -0.2) is 0 Å². The van der Waals surface area contributed by atoms with E-state index in [1.165, 1.54) is 12.1 Å². The molecule has 2 aliphatic rings. The first kappa shape index (κ1) is 13.1. The van der Waals surface area contributed by atoms with Crippen molar-refractivity contribution < 1.29 is 0 Å². The number of halogens is 1. The molecule has 2 aromatic rings. The minimum Gasteiger partial charge on any atom is -0.316 e. The number of nitrogens with one attached hydrogen (secondary N) is 1. The summed E-state index contributed by atoms with van der Waals surface area (Å²) in [5.41, 5.74) is 3.02. The van der Waals surface area contributed by atoms with Crippen molar-refractivity contribution in [3.8, 4) is 11.1 Å². The van der Waals surface area contributed by atoms with Crippen molar-refractivity contribution in [3.63, 3.8) is 0 Å². The Bertz CT molecular complexity index is 735. The molecule has 0 saturated carbocycles. The van der Waals surface area contributed by atoms with E-state index in [9.17, 15) is 4.79 Å². The summed E-state index contributed by atoms with van der Waals surface area (Å²) in [6.07, 6.45) is 1.20. The van der Waals surface area contributed by atoms with E-state index in [-0.39, 0.29) is 5.56 Å². The van der Waals surface area contributed by atoms with Crippen molar-refractivity contribution in [2.75, 3.05) is 13.1 Å². The Morgan fingerprint density at radius 3 is 2.71 bits per heavy atom. The number of aromatic nitrogens is 1. The van der Waals surface area contributed by atoms with Crippen LogP contribution in [-0.2, 0) is 6.54 Å². The van der Waals surface area contributed by atoms with E-state index < -0.39 is 0 Å². The van der Waals surface area contributed by atoms with Crippen molar-refractivity contribution in [1.29, 1.82) is 0 Å². The van der Waals surface area contributed by atoms with Gasteiger partial charge in [-0.3, -0.25) is 4.79 Å². The third-order valence-electron chi connectivity index (χ3n) is 4.66. The number of fused-ring (bicyclic) bond motifs is 4. The molecule has 0 aliphatic carbocycles. The number of hydrogen-bond acceptors (Lipinski definition) is 2. The first-order valence-corrected chi connectivity index (χ1v) is 7.80. The maximum atomic E-state index is 12.8. The highest BCUT2D eigenvalue weighted by Gasteiger charge is 2.31. The summed E-state index contributed by atoms with van der Waals surface area (Å²) < 4.78 is 1.99. The molecule has 0 spiro atoms. The second-order valence-corrected chi connectivity index (χ2v) is 6.49. The lowest BCUT2D eigenvalue weighted by molar-refractivity contribution is 0.257. The van der Waals surface area contributed by atoms with Crippen LogP contribution in [0.15, 0.2) is 41.2 Å². The zero-order valence-electron chi connectivity index (χ0n) is 11.7. The quantitative estimate of drug-likeness (QED) is 0.879. The third-order valence-corrected chi connectivity index (χ3v) is 4.92. The Kier molecular flexibility index (Phi) is 3.12. The normalized spacial score (nSPS) is 23.7. The fourth-order valence-corrected chi connectivity index (χ4v) is 3.77. The first-order valence-electron chi connectivity index (χ1n) is 7.43. The molecule has 0 radical (unpaired) electrons. The maximum absolute atomic E-state index is 12.8. The van der Waals surface area contributed by atoms with E-state index in [1.807, 2.05) is 34.9 Å². The van der Waals surface area contributed by atoms with Gasteiger partial charge in [-0.1, -0.05) is 23.7 Å². The van der Waals surface area contributed by atoms with Gasteiger partial charge in [0.2, 0.25) is 0 Å². The molecule has 1 aromatic heterocycles. The summed E-state index contributed by atoms with van der Waals surface area (Å²) >= 11 is 5.93. The highest BCUT2D eigenvalue weighted by atomic mass is 35.5. The summed E-state index contributed by atoms with van der Waals surface area (Å²) in [6, 6.07) is 11.6.